The maximum Gasteiger partial charge on any atom is 0.0441 e. The number of halogens is 1. The zero-order chi connectivity index (χ0) is 13.1. The lowest BCUT2D eigenvalue weighted by Gasteiger charge is -2.36. The minimum atomic E-state index is 0.156. The van der Waals surface area contributed by atoms with Gasteiger partial charge in [0.25, 0.3) is 0 Å². The van der Waals surface area contributed by atoms with E-state index in [-0.39, 0.29) is 6.04 Å². The molecule has 1 aliphatic heterocycles. The first-order valence-corrected chi connectivity index (χ1v) is 7.90. The third-order valence-electron chi connectivity index (χ3n) is 3.60. The molecule has 2 rings (SSSR count). The van der Waals surface area contributed by atoms with Crippen molar-refractivity contribution in [1.29, 1.82) is 0 Å². The van der Waals surface area contributed by atoms with Gasteiger partial charge in [0.05, 0.1) is 0 Å². The normalized spacial score (nSPS) is 23.0. The minimum Gasteiger partial charge on any atom is -0.326 e. The minimum absolute atomic E-state index is 0.156. The van der Waals surface area contributed by atoms with E-state index in [9.17, 15) is 0 Å². The predicted molar refractivity (Wildman–Crippen MR) is 81.6 cm³/mol. The van der Waals surface area contributed by atoms with Crippen LogP contribution in [0.5, 0.6) is 0 Å². The van der Waals surface area contributed by atoms with Crippen molar-refractivity contribution in [2.75, 3.05) is 25.1 Å². The van der Waals surface area contributed by atoms with Crippen LogP contribution >= 0.6 is 23.4 Å². The predicted octanol–water partition coefficient (Wildman–Crippen LogP) is 2.57. The van der Waals surface area contributed by atoms with Crippen LogP contribution in [0.1, 0.15) is 11.1 Å². The largest absolute Gasteiger partial charge is 0.326 e. The van der Waals surface area contributed by atoms with Crippen LogP contribution in [0.15, 0.2) is 18.2 Å². The molecule has 0 spiro atoms. The smallest absolute Gasteiger partial charge is 0.0441 e. The SMILES string of the molecule is Cc1ccc(CC(N)C2CSCCN2C)c(Cl)c1. The van der Waals surface area contributed by atoms with Crippen molar-refractivity contribution >= 4 is 23.4 Å². The summed E-state index contributed by atoms with van der Waals surface area (Å²) in [6, 6.07) is 6.84. The van der Waals surface area contributed by atoms with Crippen LogP contribution in [-0.2, 0) is 6.42 Å². The average molecular weight is 285 g/mol. The fraction of sp³-hybridized carbons (Fsp3) is 0.571. The third kappa shape index (κ3) is 3.41. The zero-order valence-corrected chi connectivity index (χ0v) is 12.6. The van der Waals surface area contributed by atoms with E-state index < -0.39 is 0 Å². The van der Waals surface area contributed by atoms with Crippen LogP contribution < -0.4 is 5.73 Å². The summed E-state index contributed by atoms with van der Waals surface area (Å²) < 4.78 is 0. The lowest BCUT2D eigenvalue weighted by molar-refractivity contribution is 0.235. The molecule has 1 aromatic rings. The van der Waals surface area contributed by atoms with E-state index >= 15 is 0 Å². The second-order valence-electron chi connectivity index (χ2n) is 5.09. The number of likely N-dealkylation sites (N-methyl/N-ethyl adjacent to an activating group) is 1. The standard InChI is InChI=1S/C14H21ClN2S/c1-10-3-4-11(12(15)7-10)8-13(16)14-9-18-6-5-17(14)2/h3-4,7,13-14H,5-6,8-9,16H2,1-2H3. The average Bonchev–Trinajstić information content (AvgIpc) is 2.33. The van der Waals surface area contributed by atoms with Crippen molar-refractivity contribution < 1.29 is 0 Å². The number of hydrogen-bond acceptors (Lipinski definition) is 3. The monoisotopic (exact) mass is 284 g/mol. The first-order valence-electron chi connectivity index (χ1n) is 6.36. The van der Waals surface area contributed by atoms with Crippen LogP contribution in [0.2, 0.25) is 5.02 Å². The van der Waals surface area contributed by atoms with Crippen LogP contribution in [0, 0.1) is 6.92 Å². The summed E-state index contributed by atoms with van der Waals surface area (Å²) in [7, 11) is 2.17. The number of hydrogen-bond donors (Lipinski definition) is 1. The van der Waals surface area contributed by atoms with Crippen molar-refractivity contribution in [3.63, 3.8) is 0 Å². The molecule has 1 fully saturated rings. The van der Waals surface area contributed by atoms with Crippen LogP contribution in [0.4, 0.5) is 0 Å². The molecule has 2 unspecified atom stereocenters. The molecule has 0 aliphatic carbocycles. The molecule has 0 aromatic heterocycles. The first kappa shape index (κ1) is 14.2. The van der Waals surface area contributed by atoms with Crippen molar-refractivity contribution in [1.82, 2.24) is 4.90 Å². The fourth-order valence-corrected chi connectivity index (χ4v) is 4.00. The second kappa shape index (κ2) is 6.29. The van der Waals surface area contributed by atoms with E-state index in [1.54, 1.807) is 0 Å². The number of nitrogens with two attached hydrogens (primary N) is 1. The van der Waals surface area contributed by atoms with E-state index in [0.717, 1.165) is 23.7 Å². The third-order valence-corrected chi connectivity index (χ3v) is 5.00. The molecule has 1 heterocycles. The maximum atomic E-state index is 6.36. The molecule has 0 amide bonds. The Morgan fingerprint density at radius 3 is 3.00 bits per heavy atom. The summed E-state index contributed by atoms with van der Waals surface area (Å²) in [5, 5.41) is 0.844. The Kier molecular flexibility index (Phi) is 4.96. The highest BCUT2D eigenvalue weighted by atomic mass is 35.5. The van der Waals surface area contributed by atoms with Crippen LogP contribution in [-0.4, -0.2) is 42.1 Å². The van der Waals surface area contributed by atoms with Gasteiger partial charge in [-0.3, -0.25) is 0 Å². The van der Waals surface area contributed by atoms with Gasteiger partial charge in [-0.2, -0.15) is 11.8 Å². The Bertz CT molecular complexity index is 411. The Hall–Kier alpha value is -0.220. The van der Waals surface area contributed by atoms with Gasteiger partial charge in [0.2, 0.25) is 0 Å². The van der Waals surface area contributed by atoms with Gasteiger partial charge in [0, 0.05) is 35.2 Å². The van der Waals surface area contributed by atoms with E-state index in [1.807, 2.05) is 17.8 Å². The summed E-state index contributed by atoms with van der Waals surface area (Å²) in [6.45, 7) is 3.19. The number of aryl methyl sites for hydroxylation is 1. The molecular formula is C14H21ClN2S. The molecule has 2 nitrogen and oxygen atoms in total. The van der Waals surface area contributed by atoms with Crippen molar-refractivity contribution in [2.24, 2.45) is 5.73 Å². The van der Waals surface area contributed by atoms with Crippen LogP contribution in [0.3, 0.4) is 0 Å². The van der Waals surface area contributed by atoms with Gasteiger partial charge < -0.3 is 10.6 Å². The second-order valence-corrected chi connectivity index (χ2v) is 6.64. The van der Waals surface area contributed by atoms with E-state index in [2.05, 4.69) is 31.0 Å². The summed E-state index contributed by atoms with van der Waals surface area (Å²) >= 11 is 8.27. The topological polar surface area (TPSA) is 29.3 Å². The van der Waals surface area contributed by atoms with Gasteiger partial charge in [-0.15, -0.1) is 0 Å². The molecule has 0 saturated carbocycles. The molecular weight excluding hydrogens is 264 g/mol. The zero-order valence-electron chi connectivity index (χ0n) is 11.0. The molecule has 2 N–H and O–H groups in total. The highest BCUT2D eigenvalue weighted by molar-refractivity contribution is 7.99. The lowest BCUT2D eigenvalue weighted by Crippen LogP contribution is -2.51. The van der Waals surface area contributed by atoms with Gasteiger partial charge >= 0.3 is 0 Å². The van der Waals surface area contributed by atoms with Gasteiger partial charge in [-0.1, -0.05) is 23.7 Å². The Labute approximate surface area is 119 Å². The molecule has 0 radical (unpaired) electrons. The lowest BCUT2D eigenvalue weighted by atomic mass is 9.99. The summed E-state index contributed by atoms with van der Waals surface area (Å²) in [4.78, 5) is 2.38. The number of thioether (sulfide) groups is 1. The van der Waals surface area contributed by atoms with Gasteiger partial charge in [0.15, 0.2) is 0 Å². The van der Waals surface area contributed by atoms with Crippen LogP contribution in [0.25, 0.3) is 0 Å². The molecule has 1 aliphatic rings. The molecule has 4 heteroatoms. The molecule has 2 atom stereocenters. The highest BCUT2D eigenvalue weighted by Crippen LogP contribution is 2.22. The molecule has 1 aromatic carbocycles. The van der Waals surface area contributed by atoms with Gasteiger partial charge in [-0.25, -0.2) is 0 Å². The van der Waals surface area contributed by atoms with E-state index in [4.69, 9.17) is 17.3 Å². The van der Waals surface area contributed by atoms with Crippen molar-refractivity contribution in [3.05, 3.63) is 34.3 Å². The van der Waals surface area contributed by atoms with Crippen molar-refractivity contribution in [2.45, 2.75) is 25.4 Å². The Balaban J connectivity index is 2.03. The summed E-state index contributed by atoms with van der Waals surface area (Å²) in [6.07, 6.45) is 0.856. The number of nitrogens with zero attached hydrogens (tertiary/aromatic N) is 1. The van der Waals surface area contributed by atoms with E-state index in [0.29, 0.717) is 6.04 Å². The molecule has 0 bridgehead atoms. The van der Waals surface area contributed by atoms with Crippen molar-refractivity contribution in [3.8, 4) is 0 Å². The molecule has 1 saturated heterocycles. The first-order chi connectivity index (χ1) is 8.58. The quantitative estimate of drug-likeness (QED) is 0.925. The summed E-state index contributed by atoms with van der Waals surface area (Å²) in [5.41, 5.74) is 8.73. The van der Waals surface area contributed by atoms with Gasteiger partial charge in [-0.05, 0) is 37.6 Å². The maximum absolute atomic E-state index is 6.36. The molecule has 18 heavy (non-hydrogen) atoms. The van der Waals surface area contributed by atoms with Gasteiger partial charge in [0.1, 0.15) is 0 Å². The Morgan fingerprint density at radius 2 is 2.33 bits per heavy atom. The number of rotatable bonds is 3. The number of benzene rings is 1. The molecule has 100 valence electrons. The Morgan fingerprint density at radius 1 is 1.56 bits per heavy atom. The fourth-order valence-electron chi connectivity index (χ4n) is 2.36. The summed E-state index contributed by atoms with van der Waals surface area (Å²) in [5.74, 6) is 2.34. The van der Waals surface area contributed by atoms with E-state index in [1.165, 1.54) is 16.9 Å². The highest BCUT2D eigenvalue weighted by Gasteiger charge is 2.25.